The van der Waals surface area contributed by atoms with Crippen LogP contribution in [-0.4, -0.2) is 28.2 Å². The zero-order valence-electron chi connectivity index (χ0n) is 16.7. The van der Waals surface area contributed by atoms with Crippen molar-refractivity contribution < 1.29 is 19.4 Å². The molecular weight excluding hydrogens is 394 g/mol. The van der Waals surface area contributed by atoms with Crippen molar-refractivity contribution in [1.29, 1.82) is 5.26 Å². The van der Waals surface area contributed by atoms with Crippen LogP contribution in [0.4, 0.5) is 0 Å². The lowest BCUT2D eigenvalue weighted by atomic mass is 10.0. The Hall–Kier alpha value is -4.31. The number of carboxylic acids is 1. The predicted molar refractivity (Wildman–Crippen MR) is 116 cm³/mol. The first-order valence-corrected chi connectivity index (χ1v) is 9.62. The summed E-state index contributed by atoms with van der Waals surface area (Å²) in [5, 5.41) is 19.6. The second-order valence-electron chi connectivity index (χ2n) is 7.18. The maximum absolute atomic E-state index is 12.2. The summed E-state index contributed by atoms with van der Waals surface area (Å²) in [4.78, 5) is 23.3. The number of nitriles is 1. The van der Waals surface area contributed by atoms with Crippen molar-refractivity contribution in [2.24, 2.45) is 5.73 Å². The van der Waals surface area contributed by atoms with E-state index in [0.29, 0.717) is 27.6 Å². The van der Waals surface area contributed by atoms with Gasteiger partial charge in [-0.05, 0) is 48.9 Å². The van der Waals surface area contributed by atoms with Crippen LogP contribution in [0, 0.1) is 11.3 Å². The molecule has 0 aliphatic carbocycles. The third kappa shape index (κ3) is 3.45. The fourth-order valence-corrected chi connectivity index (χ4v) is 4.00. The van der Waals surface area contributed by atoms with Crippen LogP contribution in [0.15, 0.2) is 60.7 Å². The van der Waals surface area contributed by atoms with Crippen molar-refractivity contribution in [2.75, 3.05) is 6.61 Å². The van der Waals surface area contributed by atoms with Gasteiger partial charge in [0.2, 0.25) is 5.91 Å². The second-order valence-corrected chi connectivity index (χ2v) is 7.18. The van der Waals surface area contributed by atoms with Gasteiger partial charge in [0.05, 0.1) is 34.1 Å². The smallest absolute Gasteiger partial charge is 0.341 e. The summed E-state index contributed by atoms with van der Waals surface area (Å²) in [6.07, 6.45) is 0. The van der Waals surface area contributed by atoms with Crippen molar-refractivity contribution in [3.05, 3.63) is 77.4 Å². The molecule has 3 N–H and O–H groups in total. The van der Waals surface area contributed by atoms with Crippen LogP contribution in [0.2, 0.25) is 0 Å². The molecule has 1 amide bonds. The number of benzene rings is 3. The van der Waals surface area contributed by atoms with E-state index >= 15 is 0 Å². The highest BCUT2D eigenvalue weighted by atomic mass is 16.5. The molecule has 1 aromatic heterocycles. The zero-order chi connectivity index (χ0) is 22.1. The van der Waals surface area contributed by atoms with Crippen LogP contribution >= 0.6 is 0 Å². The average molecular weight is 413 g/mol. The molecule has 0 aliphatic rings. The number of hydrogen-bond donors (Lipinski definition) is 2. The van der Waals surface area contributed by atoms with E-state index in [1.807, 2.05) is 41.8 Å². The number of primary amides is 1. The van der Waals surface area contributed by atoms with Crippen molar-refractivity contribution in [1.82, 2.24) is 4.57 Å². The average Bonchev–Trinajstić information content (AvgIpc) is 3.12. The van der Waals surface area contributed by atoms with Crippen LogP contribution in [0.25, 0.3) is 21.8 Å². The second kappa shape index (κ2) is 7.84. The minimum Gasteiger partial charge on any atom is -0.481 e. The van der Waals surface area contributed by atoms with E-state index in [2.05, 4.69) is 6.07 Å². The van der Waals surface area contributed by atoms with Crippen molar-refractivity contribution in [3.63, 3.8) is 0 Å². The molecule has 0 aliphatic heterocycles. The van der Waals surface area contributed by atoms with Gasteiger partial charge in [-0.1, -0.05) is 24.3 Å². The lowest BCUT2D eigenvalue weighted by Crippen LogP contribution is -2.12. The highest BCUT2D eigenvalue weighted by Gasteiger charge is 2.23. The molecule has 31 heavy (non-hydrogen) atoms. The van der Waals surface area contributed by atoms with E-state index in [0.717, 1.165) is 16.6 Å². The molecule has 0 fully saturated rings. The number of nitrogens with zero attached hydrogens (tertiary/aromatic N) is 2. The summed E-state index contributed by atoms with van der Waals surface area (Å²) in [5.41, 5.74) is 8.97. The number of ether oxygens (including phenoxy) is 1. The molecule has 0 spiro atoms. The third-order valence-electron chi connectivity index (χ3n) is 5.32. The number of hydrogen-bond acceptors (Lipinski definition) is 4. The molecule has 154 valence electrons. The highest BCUT2D eigenvalue weighted by Crippen LogP contribution is 2.40. The fourth-order valence-electron chi connectivity index (χ4n) is 4.00. The number of carbonyl (C=O) groups is 2. The minimum absolute atomic E-state index is 0.189. The number of amides is 1. The molecule has 0 saturated carbocycles. The van der Waals surface area contributed by atoms with Gasteiger partial charge in [0.25, 0.3) is 0 Å². The summed E-state index contributed by atoms with van der Waals surface area (Å²) in [6.45, 7) is 1.49. The van der Waals surface area contributed by atoms with Crippen LogP contribution in [-0.2, 0) is 4.79 Å². The number of aromatic nitrogens is 1. The molecule has 4 aromatic rings. The number of rotatable bonds is 6. The number of fused-ring (bicyclic) bond motifs is 3. The summed E-state index contributed by atoms with van der Waals surface area (Å²) in [6, 6.07) is 19.9. The maximum atomic E-state index is 12.2. The summed E-state index contributed by atoms with van der Waals surface area (Å²) in [7, 11) is 0. The Balaban J connectivity index is 2.06. The normalized spacial score (nSPS) is 11.9. The highest BCUT2D eigenvalue weighted by molar-refractivity contribution is 6.19. The summed E-state index contributed by atoms with van der Waals surface area (Å²) >= 11 is 0. The third-order valence-corrected chi connectivity index (χ3v) is 5.32. The number of carbonyl (C=O) groups excluding carboxylic acids is 1. The Morgan fingerprint density at radius 1 is 1.10 bits per heavy atom. The van der Waals surface area contributed by atoms with Crippen LogP contribution in [0.1, 0.15) is 34.5 Å². The minimum atomic E-state index is -1.10. The molecule has 4 rings (SSSR count). The van der Waals surface area contributed by atoms with E-state index in [4.69, 9.17) is 15.6 Å². The Bertz CT molecular complexity index is 1380. The van der Waals surface area contributed by atoms with Gasteiger partial charge in [0, 0.05) is 10.9 Å². The molecule has 3 aromatic carbocycles. The molecule has 1 unspecified atom stereocenters. The van der Waals surface area contributed by atoms with Crippen LogP contribution < -0.4 is 10.5 Å². The van der Waals surface area contributed by atoms with Crippen LogP contribution in [0.3, 0.4) is 0 Å². The van der Waals surface area contributed by atoms with Gasteiger partial charge in [0.15, 0.2) is 6.61 Å². The molecule has 7 heteroatoms. The zero-order valence-corrected chi connectivity index (χ0v) is 16.7. The summed E-state index contributed by atoms with van der Waals surface area (Å²) < 4.78 is 7.59. The maximum Gasteiger partial charge on any atom is 0.341 e. The lowest BCUT2D eigenvalue weighted by Gasteiger charge is -2.18. The fraction of sp³-hybridized carbons (Fsp3) is 0.125. The van der Waals surface area contributed by atoms with Gasteiger partial charge in [-0.15, -0.1) is 0 Å². The monoisotopic (exact) mass is 413 g/mol. The topological polar surface area (TPSA) is 118 Å². The van der Waals surface area contributed by atoms with E-state index < -0.39 is 18.5 Å². The molecule has 1 atom stereocenters. The standard InChI is InChI=1S/C24H19N3O4/c1-14(16-6-2-5-15(11-16)12-25)27-18-8-3-7-17(24(26)30)22(18)23-19(27)9-4-10-20(23)31-13-21(28)29/h2-11,14H,13H2,1H3,(H2,26,30)(H,28,29). The quantitative estimate of drug-likeness (QED) is 0.498. The van der Waals surface area contributed by atoms with E-state index in [1.165, 1.54) is 0 Å². The largest absolute Gasteiger partial charge is 0.481 e. The lowest BCUT2D eigenvalue weighted by molar-refractivity contribution is -0.139. The van der Waals surface area contributed by atoms with E-state index in [-0.39, 0.29) is 6.04 Å². The van der Waals surface area contributed by atoms with Crippen LogP contribution in [0.5, 0.6) is 5.75 Å². The van der Waals surface area contributed by atoms with Gasteiger partial charge in [-0.25, -0.2) is 4.79 Å². The van der Waals surface area contributed by atoms with E-state index in [1.54, 1.807) is 30.3 Å². The number of carboxylic acid groups (broad SMARTS) is 1. The van der Waals surface area contributed by atoms with Crippen molar-refractivity contribution in [2.45, 2.75) is 13.0 Å². The first kappa shape index (κ1) is 20.0. The molecule has 0 saturated heterocycles. The Labute approximate surface area is 177 Å². The van der Waals surface area contributed by atoms with Gasteiger partial charge in [-0.3, -0.25) is 4.79 Å². The van der Waals surface area contributed by atoms with Crippen molar-refractivity contribution in [3.8, 4) is 11.8 Å². The number of nitrogens with two attached hydrogens (primary N) is 1. The Kier molecular flexibility index (Phi) is 5.05. The summed E-state index contributed by atoms with van der Waals surface area (Å²) in [5.74, 6) is -1.33. The molecule has 0 radical (unpaired) electrons. The first-order chi connectivity index (χ1) is 14.9. The SMILES string of the molecule is CC(c1cccc(C#N)c1)n1c2cccc(OCC(=O)O)c2c2c(C(N)=O)cccc21. The van der Waals surface area contributed by atoms with E-state index in [9.17, 15) is 14.9 Å². The molecule has 7 nitrogen and oxygen atoms in total. The molecule has 0 bridgehead atoms. The molecular formula is C24H19N3O4. The Morgan fingerprint density at radius 3 is 2.45 bits per heavy atom. The number of aliphatic carboxylic acids is 1. The molecule has 1 heterocycles. The van der Waals surface area contributed by atoms with Gasteiger partial charge in [-0.2, -0.15) is 5.26 Å². The van der Waals surface area contributed by atoms with Gasteiger partial charge >= 0.3 is 5.97 Å². The predicted octanol–water partition coefficient (Wildman–Crippen LogP) is 3.84. The van der Waals surface area contributed by atoms with Gasteiger partial charge in [0.1, 0.15) is 5.75 Å². The Morgan fingerprint density at radius 2 is 1.77 bits per heavy atom. The van der Waals surface area contributed by atoms with Gasteiger partial charge < -0.3 is 20.1 Å². The van der Waals surface area contributed by atoms with Crippen molar-refractivity contribution >= 4 is 33.7 Å². The first-order valence-electron chi connectivity index (χ1n) is 9.62.